The van der Waals surface area contributed by atoms with Crippen molar-refractivity contribution in [3.05, 3.63) is 23.5 Å². The third-order valence-electron chi connectivity index (χ3n) is 3.29. The molecule has 1 atom stereocenters. The van der Waals surface area contributed by atoms with Crippen LogP contribution in [0, 0.1) is 0 Å². The van der Waals surface area contributed by atoms with E-state index in [1.807, 2.05) is 5.32 Å². The zero-order chi connectivity index (χ0) is 13.6. The van der Waals surface area contributed by atoms with Gasteiger partial charge in [0.2, 0.25) is 5.91 Å². The number of rotatable bonds is 1. The van der Waals surface area contributed by atoms with Gasteiger partial charge in [-0.3, -0.25) is 24.6 Å². The zero-order valence-corrected chi connectivity index (χ0v) is 9.72. The Morgan fingerprint density at radius 2 is 2.16 bits per heavy atom. The molecule has 19 heavy (non-hydrogen) atoms. The first-order valence-corrected chi connectivity index (χ1v) is 5.68. The molecule has 2 aliphatic rings. The second-order valence-corrected chi connectivity index (χ2v) is 4.43. The number of piperidine rings is 1. The van der Waals surface area contributed by atoms with Gasteiger partial charge in [0, 0.05) is 24.6 Å². The van der Waals surface area contributed by atoms with Crippen LogP contribution in [0.1, 0.15) is 28.9 Å². The summed E-state index contributed by atoms with van der Waals surface area (Å²) in [6.45, 7) is -0.0538. The number of hydrogen-bond acceptors (Lipinski definition) is 5. The quantitative estimate of drug-likeness (QED) is 0.547. The Hall–Kier alpha value is -2.38. The molecule has 8 heteroatoms. The molecule has 1 saturated heterocycles. The average molecular weight is 264 g/mol. The number of fused-ring (bicyclic) bond motifs is 1. The molecule has 1 aromatic rings. The summed E-state index contributed by atoms with van der Waals surface area (Å²) >= 11 is 0. The average Bonchev–Trinajstić information content (AvgIpc) is 2.73. The van der Waals surface area contributed by atoms with Crippen molar-refractivity contribution in [1.29, 1.82) is 0 Å². The van der Waals surface area contributed by atoms with E-state index in [0.29, 0.717) is 5.56 Å². The molecule has 0 bridgehead atoms. The van der Waals surface area contributed by atoms with Crippen molar-refractivity contribution >= 4 is 17.7 Å². The Morgan fingerprint density at radius 1 is 1.37 bits per heavy atom. The molecular formula is C11H9FN4O3. The van der Waals surface area contributed by atoms with E-state index in [9.17, 15) is 18.8 Å². The van der Waals surface area contributed by atoms with Crippen LogP contribution in [-0.4, -0.2) is 38.6 Å². The molecular weight excluding hydrogens is 255 g/mol. The number of alkyl halides is 1. The first-order chi connectivity index (χ1) is 9.02. The van der Waals surface area contributed by atoms with Gasteiger partial charge in [-0.2, -0.15) is 5.10 Å². The molecule has 1 aromatic heterocycles. The molecule has 3 heterocycles. The van der Waals surface area contributed by atoms with E-state index in [4.69, 9.17) is 0 Å². The molecule has 98 valence electrons. The molecule has 2 aliphatic heterocycles. The maximum absolute atomic E-state index is 14.8. The lowest BCUT2D eigenvalue weighted by Gasteiger charge is -2.35. The van der Waals surface area contributed by atoms with Crippen molar-refractivity contribution < 1.29 is 18.8 Å². The maximum atomic E-state index is 14.8. The molecule has 0 saturated carbocycles. The van der Waals surface area contributed by atoms with Crippen molar-refractivity contribution in [2.45, 2.75) is 25.2 Å². The number of hydrogen-bond donors (Lipinski definition) is 1. The molecule has 1 fully saturated rings. The Morgan fingerprint density at radius 3 is 2.84 bits per heavy atom. The summed E-state index contributed by atoms with van der Waals surface area (Å²) in [6, 6.07) is 1.55. The second-order valence-electron chi connectivity index (χ2n) is 4.43. The second kappa shape index (κ2) is 3.81. The van der Waals surface area contributed by atoms with Crippen LogP contribution < -0.4 is 5.32 Å². The summed E-state index contributed by atoms with van der Waals surface area (Å²) in [6.07, 6.45) is 0.907. The molecule has 1 unspecified atom stereocenters. The Bertz CT molecular complexity index is 605. The predicted molar refractivity (Wildman–Crippen MR) is 58.1 cm³/mol. The van der Waals surface area contributed by atoms with Crippen LogP contribution in [0.3, 0.4) is 0 Å². The maximum Gasteiger partial charge on any atom is 0.285 e. The summed E-state index contributed by atoms with van der Waals surface area (Å²) < 4.78 is 14.8. The van der Waals surface area contributed by atoms with E-state index in [-0.39, 0.29) is 25.1 Å². The zero-order valence-electron chi connectivity index (χ0n) is 9.72. The normalized spacial score (nSPS) is 26.4. The summed E-state index contributed by atoms with van der Waals surface area (Å²) in [5.74, 6) is -4.83. The van der Waals surface area contributed by atoms with Crippen molar-refractivity contribution in [2.24, 2.45) is 0 Å². The van der Waals surface area contributed by atoms with Crippen LogP contribution in [0.15, 0.2) is 12.3 Å². The van der Waals surface area contributed by atoms with E-state index in [2.05, 4.69) is 10.2 Å². The van der Waals surface area contributed by atoms with Gasteiger partial charge in [0.05, 0.1) is 6.54 Å². The van der Waals surface area contributed by atoms with Crippen molar-refractivity contribution in [1.82, 2.24) is 20.4 Å². The van der Waals surface area contributed by atoms with E-state index in [1.54, 1.807) is 6.07 Å². The molecule has 0 radical (unpaired) electrons. The van der Waals surface area contributed by atoms with Gasteiger partial charge in [-0.15, -0.1) is 5.10 Å². The molecule has 0 aromatic carbocycles. The van der Waals surface area contributed by atoms with Gasteiger partial charge in [-0.05, 0) is 6.07 Å². The van der Waals surface area contributed by atoms with E-state index >= 15 is 0 Å². The van der Waals surface area contributed by atoms with E-state index < -0.39 is 23.5 Å². The number of amides is 3. The minimum Gasteiger partial charge on any atom is -0.292 e. The summed E-state index contributed by atoms with van der Waals surface area (Å²) in [4.78, 5) is 35.6. The molecule has 7 nitrogen and oxygen atoms in total. The van der Waals surface area contributed by atoms with Gasteiger partial charge in [-0.1, -0.05) is 0 Å². The molecule has 1 N–H and O–H groups in total. The van der Waals surface area contributed by atoms with Gasteiger partial charge < -0.3 is 0 Å². The van der Waals surface area contributed by atoms with Crippen LogP contribution in [0.25, 0.3) is 0 Å². The van der Waals surface area contributed by atoms with Gasteiger partial charge in [0.1, 0.15) is 0 Å². The SMILES string of the molecule is O=C1CCC(F)(N2Cc3ccnnc3C2=O)C(=O)N1. The Balaban J connectivity index is 1.95. The minimum atomic E-state index is -2.51. The number of carbonyl (C=O) groups excluding carboxylic acids is 3. The highest BCUT2D eigenvalue weighted by molar-refractivity contribution is 6.06. The highest BCUT2D eigenvalue weighted by Crippen LogP contribution is 2.34. The van der Waals surface area contributed by atoms with Crippen LogP contribution in [0.4, 0.5) is 4.39 Å². The van der Waals surface area contributed by atoms with E-state index in [1.165, 1.54) is 6.20 Å². The Kier molecular flexibility index (Phi) is 2.34. The lowest BCUT2D eigenvalue weighted by atomic mass is 10.0. The summed E-state index contributed by atoms with van der Waals surface area (Å²) in [5.41, 5.74) is 0.561. The summed E-state index contributed by atoms with van der Waals surface area (Å²) in [5, 5.41) is 9.13. The lowest BCUT2D eigenvalue weighted by molar-refractivity contribution is -0.154. The van der Waals surface area contributed by atoms with Crippen LogP contribution in [0.5, 0.6) is 0 Å². The number of halogens is 1. The van der Waals surface area contributed by atoms with Gasteiger partial charge in [0.25, 0.3) is 17.6 Å². The van der Waals surface area contributed by atoms with Crippen LogP contribution >= 0.6 is 0 Å². The lowest BCUT2D eigenvalue weighted by Crippen LogP contribution is -2.60. The summed E-state index contributed by atoms with van der Waals surface area (Å²) in [7, 11) is 0. The molecule has 0 aliphatic carbocycles. The molecule has 3 amide bonds. The number of nitrogens with zero attached hydrogens (tertiary/aromatic N) is 3. The number of carbonyl (C=O) groups is 3. The Labute approximate surface area is 106 Å². The third-order valence-corrected chi connectivity index (χ3v) is 3.29. The monoisotopic (exact) mass is 264 g/mol. The van der Waals surface area contributed by atoms with Gasteiger partial charge in [0.15, 0.2) is 5.69 Å². The standard InChI is InChI=1S/C11H9FN4O3/c12-11(3-1-7(17)14-10(11)19)16-5-6-2-4-13-15-8(6)9(16)18/h2,4H,1,3,5H2,(H,14,17,19). The van der Waals surface area contributed by atoms with Crippen LogP contribution in [0.2, 0.25) is 0 Å². The van der Waals surface area contributed by atoms with Crippen molar-refractivity contribution in [3.63, 3.8) is 0 Å². The first kappa shape index (κ1) is 11.7. The highest BCUT2D eigenvalue weighted by atomic mass is 19.1. The van der Waals surface area contributed by atoms with Gasteiger partial charge >= 0.3 is 0 Å². The largest absolute Gasteiger partial charge is 0.292 e. The predicted octanol–water partition coefficient (Wildman–Crippen LogP) is -0.465. The highest BCUT2D eigenvalue weighted by Gasteiger charge is 2.53. The topological polar surface area (TPSA) is 92.3 Å². The fourth-order valence-electron chi connectivity index (χ4n) is 2.26. The van der Waals surface area contributed by atoms with Crippen molar-refractivity contribution in [3.8, 4) is 0 Å². The first-order valence-electron chi connectivity index (χ1n) is 5.68. The van der Waals surface area contributed by atoms with Gasteiger partial charge in [-0.25, -0.2) is 4.39 Å². The number of nitrogens with one attached hydrogen (secondary N) is 1. The van der Waals surface area contributed by atoms with Crippen molar-refractivity contribution in [2.75, 3.05) is 0 Å². The minimum absolute atomic E-state index is 0.0456. The smallest absolute Gasteiger partial charge is 0.285 e. The fourth-order valence-corrected chi connectivity index (χ4v) is 2.26. The third kappa shape index (κ3) is 1.60. The van der Waals surface area contributed by atoms with E-state index in [0.717, 1.165) is 4.90 Å². The number of aromatic nitrogens is 2. The molecule has 3 rings (SSSR count). The fraction of sp³-hybridized carbons (Fsp3) is 0.364. The van der Waals surface area contributed by atoms with Crippen LogP contribution in [-0.2, 0) is 16.1 Å². The number of imide groups is 1. The molecule has 0 spiro atoms.